The lowest BCUT2D eigenvalue weighted by Crippen LogP contribution is -2.16. The van der Waals surface area contributed by atoms with Gasteiger partial charge in [0.1, 0.15) is 10.6 Å². The van der Waals surface area contributed by atoms with Crippen molar-refractivity contribution >= 4 is 9.84 Å². The molecule has 0 aliphatic rings. The summed E-state index contributed by atoms with van der Waals surface area (Å²) in [5.41, 5.74) is 1.35. The number of nitrogens with one attached hydrogen (secondary N) is 1. The second kappa shape index (κ2) is 5.51. The Morgan fingerprint density at radius 3 is 2.26 bits per heavy atom. The highest BCUT2D eigenvalue weighted by molar-refractivity contribution is 7.90. The van der Waals surface area contributed by atoms with Gasteiger partial charge in [0.25, 0.3) is 0 Å². The quantitative estimate of drug-likeness (QED) is 0.890. The van der Waals surface area contributed by atoms with Crippen LogP contribution >= 0.6 is 0 Å². The van der Waals surface area contributed by atoms with Crippen LogP contribution in [0.2, 0.25) is 0 Å². The minimum Gasteiger partial charge on any atom is -0.506 e. The van der Waals surface area contributed by atoms with Crippen LogP contribution in [-0.2, 0) is 21.8 Å². The van der Waals surface area contributed by atoms with Crippen molar-refractivity contribution in [3.63, 3.8) is 0 Å². The SMILES string of the molecule is CCNCc1cc(C(C)(C)C)cc(S(C)(=O)=O)c1O. The Hall–Kier alpha value is -1.07. The molecule has 1 aromatic carbocycles. The first-order chi connectivity index (χ1) is 8.57. The smallest absolute Gasteiger partial charge is 0.179 e. The summed E-state index contributed by atoms with van der Waals surface area (Å²) < 4.78 is 23.6. The van der Waals surface area contributed by atoms with Crippen LogP contribution in [0.5, 0.6) is 5.75 Å². The molecule has 5 heteroatoms. The average Bonchev–Trinajstić information content (AvgIpc) is 2.24. The molecule has 0 unspecified atom stereocenters. The van der Waals surface area contributed by atoms with Crippen LogP contribution in [0.3, 0.4) is 0 Å². The maximum atomic E-state index is 11.8. The molecule has 108 valence electrons. The van der Waals surface area contributed by atoms with Crippen LogP contribution in [0.25, 0.3) is 0 Å². The second-order valence-electron chi connectivity index (χ2n) is 5.78. The topological polar surface area (TPSA) is 66.4 Å². The van der Waals surface area contributed by atoms with E-state index in [0.717, 1.165) is 18.4 Å². The molecule has 0 saturated heterocycles. The van der Waals surface area contributed by atoms with Crippen molar-refractivity contribution in [3.8, 4) is 5.75 Å². The van der Waals surface area contributed by atoms with Crippen LogP contribution < -0.4 is 5.32 Å². The highest BCUT2D eigenvalue weighted by Gasteiger charge is 2.22. The predicted molar refractivity (Wildman–Crippen MR) is 77.3 cm³/mol. The zero-order valence-electron chi connectivity index (χ0n) is 12.2. The largest absolute Gasteiger partial charge is 0.506 e. The Bertz CT molecular complexity index is 557. The summed E-state index contributed by atoms with van der Waals surface area (Å²) in [7, 11) is -3.44. The number of hydrogen-bond acceptors (Lipinski definition) is 4. The van der Waals surface area contributed by atoms with Crippen molar-refractivity contribution in [2.75, 3.05) is 12.8 Å². The fraction of sp³-hybridized carbons (Fsp3) is 0.571. The van der Waals surface area contributed by atoms with E-state index in [1.807, 2.05) is 33.8 Å². The maximum Gasteiger partial charge on any atom is 0.179 e. The third-order valence-corrected chi connectivity index (χ3v) is 4.09. The fourth-order valence-corrected chi connectivity index (χ4v) is 2.60. The first-order valence-electron chi connectivity index (χ1n) is 6.34. The zero-order chi connectivity index (χ0) is 14.8. The van der Waals surface area contributed by atoms with Crippen molar-refractivity contribution < 1.29 is 13.5 Å². The Morgan fingerprint density at radius 1 is 1.26 bits per heavy atom. The molecule has 1 aromatic rings. The Balaban J connectivity index is 3.48. The van der Waals surface area contributed by atoms with Gasteiger partial charge in [-0.2, -0.15) is 0 Å². The van der Waals surface area contributed by atoms with Gasteiger partial charge < -0.3 is 10.4 Å². The van der Waals surface area contributed by atoms with Crippen LogP contribution in [-0.4, -0.2) is 26.3 Å². The van der Waals surface area contributed by atoms with Gasteiger partial charge in [0.15, 0.2) is 9.84 Å². The van der Waals surface area contributed by atoms with Gasteiger partial charge >= 0.3 is 0 Å². The average molecular weight is 285 g/mol. The summed E-state index contributed by atoms with van der Waals surface area (Å²) in [6, 6.07) is 3.44. The third kappa shape index (κ3) is 3.94. The minimum absolute atomic E-state index is 0.00725. The van der Waals surface area contributed by atoms with Gasteiger partial charge in [-0.3, -0.25) is 0 Å². The molecule has 0 fully saturated rings. The molecule has 0 aliphatic heterocycles. The summed E-state index contributed by atoms with van der Waals surface area (Å²) in [5, 5.41) is 13.2. The van der Waals surface area contributed by atoms with E-state index >= 15 is 0 Å². The zero-order valence-corrected chi connectivity index (χ0v) is 13.1. The summed E-state index contributed by atoms with van der Waals surface area (Å²) in [6.45, 7) is 9.22. The summed E-state index contributed by atoms with van der Waals surface area (Å²) >= 11 is 0. The molecule has 0 aliphatic carbocycles. The van der Waals surface area contributed by atoms with Crippen molar-refractivity contribution in [1.29, 1.82) is 0 Å². The minimum atomic E-state index is -3.44. The molecule has 4 nitrogen and oxygen atoms in total. The summed E-state index contributed by atoms with van der Waals surface area (Å²) in [5.74, 6) is -0.142. The van der Waals surface area contributed by atoms with Crippen LogP contribution in [0.1, 0.15) is 38.8 Å². The second-order valence-corrected chi connectivity index (χ2v) is 7.77. The number of aromatic hydroxyl groups is 1. The van der Waals surface area contributed by atoms with Crippen molar-refractivity contribution in [1.82, 2.24) is 5.32 Å². The molecule has 1 rings (SSSR count). The molecular formula is C14H23NO3S. The lowest BCUT2D eigenvalue weighted by atomic mass is 9.86. The van der Waals surface area contributed by atoms with Gasteiger partial charge in [0.05, 0.1) is 0 Å². The van der Waals surface area contributed by atoms with Crippen LogP contribution in [0.4, 0.5) is 0 Å². The van der Waals surface area contributed by atoms with E-state index in [2.05, 4.69) is 5.32 Å². The van der Waals surface area contributed by atoms with E-state index in [-0.39, 0.29) is 16.1 Å². The van der Waals surface area contributed by atoms with Gasteiger partial charge in [-0.05, 0) is 23.6 Å². The monoisotopic (exact) mass is 285 g/mol. The maximum absolute atomic E-state index is 11.8. The Labute approximate surface area is 115 Å². The van der Waals surface area contributed by atoms with Crippen molar-refractivity contribution in [2.24, 2.45) is 0 Å². The standard InChI is InChI=1S/C14H23NO3S/c1-6-15-9-10-7-11(14(2,3)4)8-12(13(10)16)19(5,17)18/h7-8,15-16H,6,9H2,1-5H3. The summed E-state index contributed by atoms with van der Waals surface area (Å²) in [6.07, 6.45) is 1.12. The van der Waals surface area contributed by atoms with Gasteiger partial charge in [-0.1, -0.05) is 33.8 Å². The van der Waals surface area contributed by atoms with Crippen LogP contribution in [0.15, 0.2) is 17.0 Å². The van der Waals surface area contributed by atoms with E-state index in [1.54, 1.807) is 6.07 Å². The van der Waals surface area contributed by atoms with Gasteiger partial charge in [0.2, 0.25) is 0 Å². The Kier molecular flexibility index (Phi) is 4.63. The van der Waals surface area contributed by atoms with Crippen molar-refractivity contribution in [3.05, 3.63) is 23.3 Å². The molecule has 0 aromatic heterocycles. The molecule has 2 N–H and O–H groups in total. The number of hydrogen-bond donors (Lipinski definition) is 2. The normalized spacial score (nSPS) is 12.7. The van der Waals surface area contributed by atoms with Crippen LogP contribution in [0, 0.1) is 0 Å². The lowest BCUT2D eigenvalue weighted by Gasteiger charge is -2.22. The number of sulfone groups is 1. The van der Waals surface area contributed by atoms with E-state index in [0.29, 0.717) is 12.1 Å². The Morgan fingerprint density at radius 2 is 1.84 bits per heavy atom. The first-order valence-corrected chi connectivity index (χ1v) is 8.23. The lowest BCUT2D eigenvalue weighted by molar-refractivity contribution is 0.447. The summed E-state index contributed by atoms with van der Waals surface area (Å²) in [4.78, 5) is 0.00725. The molecule has 0 spiro atoms. The van der Waals surface area contributed by atoms with Gasteiger partial charge in [-0.15, -0.1) is 0 Å². The highest BCUT2D eigenvalue weighted by Crippen LogP contribution is 2.33. The molecule has 0 saturated carbocycles. The van der Waals surface area contributed by atoms with E-state index in [4.69, 9.17) is 0 Å². The number of phenols is 1. The first kappa shape index (κ1) is 16.0. The van der Waals surface area contributed by atoms with Gasteiger partial charge in [-0.25, -0.2) is 8.42 Å². The molecular weight excluding hydrogens is 262 g/mol. The fourth-order valence-electron chi connectivity index (χ4n) is 1.78. The molecule has 0 heterocycles. The molecule has 0 atom stereocenters. The third-order valence-electron chi connectivity index (χ3n) is 2.98. The van der Waals surface area contributed by atoms with Gasteiger partial charge in [0, 0.05) is 18.4 Å². The number of rotatable bonds is 4. The molecule has 19 heavy (non-hydrogen) atoms. The number of benzene rings is 1. The van der Waals surface area contributed by atoms with Crippen molar-refractivity contribution in [2.45, 2.75) is 44.6 Å². The van der Waals surface area contributed by atoms with E-state index in [9.17, 15) is 13.5 Å². The molecule has 0 radical (unpaired) electrons. The molecule has 0 amide bonds. The highest BCUT2D eigenvalue weighted by atomic mass is 32.2. The predicted octanol–water partition coefficient (Wildman–Crippen LogP) is 2.20. The van der Waals surface area contributed by atoms with E-state index < -0.39 is 9.84 Å². The number of phenolic OH excluding ortho intramolecular Hbond substituents is 1. The molecule has 0 bridgehead atoms. The van der Waals surface area contributed by atoms with E-state index in [1.165, 1.54) is 0 Å².